The van der Waals surface area contributed by atoms with E-state index >= 15 is 0 Å². The highest BCUT2D eigenvalue weighted by Crippen LogP contribution is 2.30. The molecule has 0 saturated heterocycles. The van der Waals surface area contributed by atoms with E-state index in [2.05, 4.69) is 10.6 Å². The fraction of sp³-hybridized carbons (Fsp3) is 0.314. The molecule has 1 fully saturated rings. The molecule has 1 heterocycles. The molecule has 0 unspecified atom stereocenters. The van der Waals surface area contributed by atoms with Crippen LogP contribution in [0.5, 0.6) is 5.75 Å². The molecular formula is C35H37N3O6. The first-order chi connectivity index (χ1) is 21.3. The lowest BCUT2D eigenvalue weighted by Crippen LogP contribution is -2.32. The minimum atomic E-state index is -0.769. The van der Waals surface area contributed by atoms with E-state index in [1.165, 1.54) is 0 Å². The lowest BCUT2D eigenvalue weighted by Gasteiger charge is -2.17. The molecule has 228 valence electrons. The molecule has 2 amide bonds. The Kier molecular flexibility index (Phi) is 9.43. The van der Waals surface area contributed by atoms with Crippen molar-refractivity contribution in [3.8, 4) is 5.75 Å². The van der Waals surface area contributed by atoms with Crippen molar-refractivity contribution in [3.05, 3.63) is 94.7 Å². The molecule has 5 rings (SSSR count). The number of hydrogen-bond donors (Lipinski definition) is 2. The number of fused-ring (bicyclic) bond motifs is 1. The van der Waals surface area contributed by atoms with Gasteiger partial charge in [-0.15, -0.1) is 0 Å². The van der Waals surface area contributed by atoms with Crippen LogP contribution in [0.1, 0.15) is 64.2 Å². The Hall–Kier alpha value is -4.92. The van der Waals surface area contributed by atoms with Gasteiger partial charge in [0.05, 0.1) is 13.0 Å². The number of aldehydes is 1. The predicted octanol–water partition coefficient (Wildman–Crippen LogP) is 5.86. The van der Waals surface area contributed by atoms with Crippen LogP contribution in [0.15, 0.2) is 66.9 Å². The maximum Gasteiger partial charge on any atom is 0.411 e. The fourth-order valence-corrected chi connectivity index (χ4v) is 5.95. The maximum absolute atomic E-state index is 13.1. The standard InChI is InChI=1S/C35H37N3O6/c1-22-8-4-7-11-28(22)30(32(40)21-39)19-36-34(41)24-13-12-23(33(17-24)43-3)16-25-20-38(2)31-15-14-26(18-29(25)31)37-35(42)44-27-9-5-6-10-27/h4,7-8,11-15,17-18,20-21,27,30H,5-6,9-10,16,19H2,1-3H3,(H,36,41)(H,37,42)/t30-/m0/s1. The van der Waals surface area contributed by atoms with E-state index in [-0.39, 0.29) is 18.6 Å². The molecule has 9 heteroatoms. The molecule has 1 saturated carbocycles. The number of ketones is 1. The average Bonchev–Trinajstić information content (AvgIpc) is 3.64. The molecule has 4 aromatic rings. The third-order valence-electron chi connectivity index (χ3n) is 8.31. The molecule has 2 N–H and O–H groups in total. The van der Waals surface area contributed by atoms with Gasteiger partial charge in [-0.25, -0.2) is 4.79 Å². The number of carbonyl (C=O) groups excluding carboxylic acids is 4. The number of Topliss-reactive ketones (excluding diaryl/α,β-unsaturated/α-hetero) is 1. The van der Waals surface area contributed by atoms with E-state index in [1.54, 1.807) is 31.4 Å². The van der Waals surface area contributed by atoms with Crippen molar-refractivity contribution in [2.24, 2.45) is 7.05 Å². The van der Waals surface area contributed by atoms with E-state index in [9.17, 15) is 19.2 Å². The van der Waals surface area contributed by atoms with Crippen molar-refractivity contribution < 1.29 is 28.7 Å². The highest BCUT2D eigenvalue weighted by atomic mass is 16.6. The van der Waals surface area contributed by atoms with E-state index < -0.39 is 17.8 Å². The van der Waals surface area contributed by atoms with Crippen molar-refractivity contribution in [1.82, 2.24) is 9.88 Å². The number of ether oxygens (including phenoxy) is 2. The minimum absolute atomic E-state index is 0.00804. The van der Waals surface area contributed by atoms with Gasteiger partial charge in [-0.3, -0.25) is 19.7 Å². The first-order valence-corrected chi connectivity index (χ1v) is 14.8. The lowest BCUT2D eigenvalue weighted by atomic mass is 9.91. The molecule has 0 aliphatic heterocycles. The normalized spacial score (nSPS) is 13.8. The van der Waals surface area contributed by atoms with Gasteiger partial charge in [0.25, 0.3) is 5.91 Å². The van der Waals surface area contributed by atoms with Crippen LogP contribution in [-0.2, 0) is 27.8 Å². The van der Waals surface area contributed by atoms with Gasteiger partial charge < -0.3 is 19.4 Å². The number of methoxy groups -OCH3 is 1. The molecule has 3 aromatic carbocycles. The van der Waals surface area contributed by atoms with Crippen LogP contribution < -0.4 is 15.4 Å². The van der Waals surface area contributed by atoms with Crippen LogP contribution >= 0.6 is 0 Å². The van der Waals surface area contributed by atoms with E-state index in [0.717, 1.165) is 53.3 Å². The number of carbonyl (C=O) groups is 4. The zero-order valence-electron chi connectivity index (χ0n) is 25.2. The molecule has 1 atom stereocenters. The number of amides is 2. The summed E-state index contributed by atoms with van der Waals surface area (Å²) in [5.74, 6) is -1.19. The van der Waals surface area contributed by atoms with Crippen LogP contribution in [0.2, 0.25) is 0 Å². The van der Waals surface area contributed by atoms with Crippen molar-refractivity contribution in [2.75, 3.05) is 19.0 Å². The average molecular weight is 596 g/mol. The Bertz CT molecular complexity index is 1700. The summed E-state index contributed by atoms with van der Waals surface area (Å²) in [5.41, 5.74) is 5.52. The van der Waals surface area contributed by atoms with Crippen molar-refractivity contribution in [1.29, 1.82) is 0 Å². The summed E-state index contributed by atoms with van der Waals surface area (Å²) in [6.45, 7) is 1.86. The van der Waals surface area contributed by atoms with Crippen molar-refractivity contribution in [3.63, 3.8) is 0 Å². The topological polar surface area (TPSA) is 116 Å². The molecular weight excluding hydrogens is 558 g/mol. The molecule has 0 spiro atoms. The Balaban J connectivity index is 1.31. The van der Waals surface area contributed by atoms with Gasteiger partial charge in [-0.2, -0.15) is 0 Å². The maximum atomic E-state index is 13.1. The summed E-state index contributed by atoms with van der Waals surface area (Å²) in [4.78, 5) is 49.3. The second-order valence-corrected chi connectivity index (χ2v) is 11.3. The number of benzene rings is 3. The largest absolute Gasteiger partial charge is 0.496 e. The SMILES string of the molecule is COc1cc(C(=O)NC[C@H](C(=O)C=O)c2ccccc2C)ccc1Cc1cn(C)c2ccc(NC(=O)OC3CCCC3)cc12. The number of hydrogen-bond acceptors (Lipinski definition) is 6. The van der Waals surface area contributed by atoms with Crippen LogP contribution in [0.3, 0.4) is 0 Å². The highest BCUT2D eigenvalue weighted by molar-refractivity contribution is 6.27. The van der Waals surface area contributed by atoms with E-state index in [4.69, 9.17) is 9.47 Å². The van der Waals surface area contributed by atoms with Gasteiger partial charge in [-0.05, 0) is 85.2 Å². The number of rotatable bonds is 11. The third kappa shape index (κ3) is 6.83. The molecule has 0 bridgehead atoms. The van der Waals surface area contributed by atoms with Gasteiger partial charge in [0.15, 0.2) is 6.29 Å². The molecule has 0 radical (unpaired) electrons. The monoisotopic (exact) mass is 595 g/mol. The smallest absolute Gasteiger partial charge is 0.411 e. The summed E-state index contributed by atoms with van der Waals surface area (Å²) in [6, 6.07) is 18.3. The zero-order valence-corrected chi connectivity index (χ0v) is 25.2. The van der Waals surface area contributed by atoms with Gasteiger partial charge in [0, 0.05) is 48.4 Å². The first kappa shape index (κ1) is 30.5. The Morgan fingerprint density at radius 2 is 1.80 bits per heavy atom. The Labute approximate surface area is 256 Å². The fourth-order valence-electron chi connectivity index (χ4n) is 5.95. The Morgan fingerprint density at radius 3 is 2.52 bits per heavy atom. The number of anilines is 1. The highest BCUT2D eigenvalue weighted by Gasteiger charge is 2.23. The van der Waals surface area contributed by atoms with Crippen LogP contribution in [0.25, 0.3) is 10.9 Å². The van der Waals surface area contributed by atoms with Gasteiger partial charge in [0.1, 0.15) is 11.9 Å². The summed E-state index contributed by atoms with van der Waals surface area (Å²) < 4.78 is 13.3. The molecule has 1 aromatic heterocycles. The second kappa shape index (κ2) is 13.6. The quantitative estimate of drug-likeness (QED) is 0.166. The molecule has 1 aliphatic carbocycles. The minimum Gasteiger partial charge on any atom is -0.496 e. The van der Waals surface area contributed by atoms with Crippen molar-refractivity contribution in [2.45, 2.75) is 51.0 Å². The number of nitrogens with zero attached hydrogens (tertiary/aromatic N) is 1. The van der Waals surface area contributed by atoms with Gasteiger partial charge >= 0.3 is 6.09 Å². The number of nitrogens with one attached hydrogen (secondary N) is 2. The van der Waals surface area contributed by atoms with E-state index in [0.29, 0.717) is 35.3 Å². The number of aryl methyl sites for hydroxylation is 2. The van der Waals surface area contributed by atoms with Gasteiger partial charge in [-0.1, -0.05) is 30.3 Å². The van der Waals surface area contributed by atoms with Crippen LogP contribution in [0, 0.1) is 6.92 Å². The van der Waals surface area contributed by atoms with Crippen LogP contribution in [-0.4, -0.2) is 48.4 Å². The number of aromatic nitrogens is 1. The molecule has 9 nitrogen and oxygen atoms in total. The van der Waals surface area contributed by atoms with Gasteiger partial charge in [0.2, 0.25) is 5.78 Å². The zero-order chi connectivity index (χ0) is 31.2. The predicted molar refractivity (Wildman–Crippen MR) is 168 cm³/mol. The van der Waals surface area contributed by atoms with Crippen LogP contribution in [0.4, 0.5) is 10.5 Å². The summed E-state index contributed by atoms with van der Waals surface area (Å²) >= 11 is 0. The Morgan fingerprint density at radius 1 is 1.02 bits per heavy atom. The first-order valence-electron chi connectivity index (χ1n) is 14.8. The second-order valence-electron chi connectivity index (χ2n) is 11.3. The summed E-state index contributed by atoms with van der Waals surface area (Å²) in [5, 5.41) is 6.66. The van der Waals surface area contributed by atoms with Crippen molar-refractivity contribution >= 4 is 40.7 Å². The third-order valence-corrected chi connectivity index (χ3v) is 8.31. The lowest BCUT2D eigenvalue weighted by molar-refractivity contribution is -0.130. The van der Waals surface area contributed by atoms with E-state index in [1.807, 2.05) is 61.1 Å². The molecule has 44 heavy (non-hydrogen) atoms. The summed E-state index contributed by atoms with van der Waals surface area (Å²) in [7, 11) is 3.52. The summed E-state index contributed by atoms with van der Waals surface area (Å²) in [6.07, 6.45) is 6.41. The molecule has 1 aliphatic rings.